The molecule has 0 radical (unpaired) electrons. The molecule has 1 saturated heterocycles. The van der Waals surface area contributed by atoms with Gasteiger partial charge in [-0.15, -0.1) is 0 Å². The number of halogens is 3. The van der Waals surface area contributed by atoms with E-state index in [0.717, 1.165) is 5.56 Å². The molecule has 1 fully saturated rings. The van der Waals surface area contributed by atoms with Crippen molar-refractivity contribution in [2.24, 2.45) is 0 Å². The van der Waals surface area contributed by atoms with Crippen LogP contribution in [0.1, 0.15) is 51.2 Å². The average molecular weight is 363 g/mol. The quantitative estimate of drug-likeness (QED) is 0.781. The maximum atomic E-state index is 13.3. The van der Waals surface area contributed by atoms with Gasteiger partial charge in [0.1, 0.15) is 6.04 Å². The molecule has 24 heavy (non-hydrogen) atoms. The van der Waals surface area contributed by atoms with Crippen molar-refractivity contribution in [3.63, 3.8) is 0 Å². The number of benzene rings is 1. The van der Waals surface area contributed by atoms with Gasteiger partial charge < -0.3 is 0 Å². The van der Waals surface area contributed by atoms with Crippen LogP contribution in [-0.2, 0) is 15.4 Å². The summed E-state index contributed by atoms with van der Waals surface area (Å²) in [5.74, 6) is 0. The molecular weight excluding hydrogens is 339 g/mol. The summed E-state index contributed by atoms with van der Waals surface area (Å²) in [5, 5.41) is 0. The first-order valence-corrected chi connectivity index (χ1v) is 9.49. The van der Waals surface area contributed by atoms with Crippen LogP contribution in [0.5, 0.6) is 0 Å². The van der Waals surface area contributed by atoms with Crippen molar-refractivity contribution in [1.29, 1.82) is 0 Å². The molecular formula is C17H24F3NO2S. The fourth-order valence-corrected chi connectivity index (χ4v) is 5.17. The molecule has 136 valence electrons. The van der Waals surface area contributed by atoms with E-state index in [-0.39, 0.29) is 17.9 Å². The standard InChI is InChI=1S/C17H24F3NO2S/c1-12-8-9-14(13(11-12)16(2,3)4)24(22,23)21-10-6-5-7-15(21)17(18,19)20/h8-9,11,15H,5-7,10H2,1-4H3. The Morgan fingerprint density at radius 2 is 1.75 bits per heavy atom. The second-order valence-electron chi connectivity index (χ2n) is 7.42. The van der Waals surface area contributed by atoms with Gasteiger partial charge in [-0.3, -0.25) is 0 Å². The summed E-state index contributed by atoms with van der Waals surface area (Å²) in [6.45, 7) is 7.32. The van der Waals surface area contributed by atoms with E-state index < -0.39 is 27.7 Å². The molecule has 0 spiro atoms. The molecule has 7 heteroatoms. The van der Waals surface area contributed by atoms with Crippen LogP contribution < -0.4 is 0 Å². The Balaban J connectivity index is 2.58. The van der Waals surface area contributed by atoms with E-state index in [1.54, 1.807) is 12.1 Å². The van der Waals surface area contributed by atoms with Gasteiger partial charge in [-0.1, -0.05) is 44.9 Å². The van der Waals surface area contributed by atoms with Crippen molar-refractivity contribution in [2.75, 3.05) is 6.54 Å². The zero-order chi connectivity index (χ0) is 18.3. The van der Waals surface area contributed by atoms with Gasteiger partial charge in [0.05, 0.1) is 4.90 Å². The van der Waals surface area contributed by atoms with Gasteiger partial charge in [0.2, 0.25) is 10.0 Å². The van der Waals surface area contributed by atoms with E-state index in [1.807, 2.05) is 27.7 Å². The highest BCUT2D eigenvalue weighted by Gasteiger charge is 2.49. The van der Waals surface area contributed by atoms with E-state index in [4.69, 9.17) is 0 Å². The van der Waals surface area contributed by atoms with E-state index in [0.29, 0.717) is 22.7 Å². The van der Waals surface area contributed by atoms with Gasteiger partial charge in [0.25, 0.3) is 0 Å². The fraction of sp³-hybridized carbons (Fsp3) is 0.647. The molecule has 1 heterocycles. The largest absolute Gasteiger partial charge is 0.405 e. The minimum atomic E-state index is -4.56. The van der Waals surface area contributed by atoms with Gasteiger partial charge in [-0.2, -0.15) is 17.5 Å². The van der Waals surface area contributed by atoms with Crippen molar-refractivity contribution in [3.8, 4) is 0 Å². The zero-order valence-electron chi connectivity index (χ0n) is 14.4. The number of sulfonamides is 1. The fourth-order valence-electron chi connectivity index (χ4n) is 3.10. The highest BCUT2D eigenvalue weighted by atomic mass is 32.2. The molecule has 2 rings (SSSR count). The van der Waals surface area contributed by atoms with Crippen LogP contribution in [0.25, 0.3) is 0 Å². The van der Waals surface area contributed by atoms with E-state index in [9.17, 15) is 21.6 Å². The highest BCUT2D eigenvalue weighted by molar-refractivity contribution is 7.89. The van der Waals surface area contributed by atoms with Crippen LogP contribution in [-0.4, -0.2) is 31.5 Å². The van der Waals surface area contributed by atoms with E-state index >= 15 is 0 Å². The van der Waals surface area contributed by atoms with Gasteiger partial charge >= 0.3 is 6.18 Å². The van der Waals surface area contributed by atoms with Gasteiger partial charge in [-0.05, 0) is 36.8 Å². The Hall–Kier alpha value is -1.08. The Morgan fingerprint density at radius 1 is 1.12 bits per heavy atom. The minimum absolute atomic E-state index is 0.0169. The number of alkyl halides is 3. The molecule has 1 unspecified atom stereocenters. The first kappa shape index (κ1) is 19.2. The lowest BCUT2D eigenvalue weighted by molar-refractivity contribution is -0.177. The zero-order valence-corrected chi connectivity index (χ0v) is 15.3. The second kappa shape index (κ2) is 6.33. The third kappa shape index (κ3) is 3.77. The number of aryl methyl sites for hydroxylation is 1. The number of hydrogen-bond acceptors (Lipinski definition) is 2. The van der Waals surface area contributed by atoms with Crippen molar-refractivity contribution >= 4 is 10.0 Å². The summed E-state index contributed by atoms with van der Waals surface area (Å²) in [6, 6.07) is 2.88. The van der Waals surface area contributed by atoms with Crippen molar-refractivity contribution < 1.29 is 21.6 Å². The molecule has 3 nitrogen and oxygen atoms in total. The number of nitrogens with zero attached hydrogens (tertiary/aromatic N) is 1. The third-order valence-electron chi connectivity index (χ3n) is 4.36. The average Bonchev–Trinajstić information content (AvgIpc) is 2.45. The maximum Gasteiger partial charge on any atom is 0.405 e. The number of piperidine rings is 1. The first-order chi connectivity index (χ1) is 10.8. The topological polar surface area (TPSA) is 37.4 Å². The number of rotatable bonds is 2. The second-order valence-corrected chi connectivity index (χ2v) is 9.28. The monoisotopic (exact) mass is 363 g/mol. The van der Waals surface area contributed by atoms with E-state index in [1.165, 1.54) is 6.07 Å². The van der Waals surface area contributed by atoms with Gasteiger partial charge in [0.15, 0.2) is 0 Å². The van der Waals surface area contributed by atoms with Crippen LogP contribution in [0.3, 0.4) is 0 Å². The summed E-state index contributed by atoms with van der Waals surface area (Å²) in [6.07, 6.45) is -3.90. The van der Waals surface area contributed by atoms with Crippen LogP contribution in [0.15, 0.2) is 23.1 Å². The Kier molecular flexibility index (Phi) is 5.08. The molecule has 0 N–H and O–H groups in total. The van der Waals surface area contributed by atoms with Crippen LogP contribution in [0.2, 0.25) is 0 Å². The first-order valence-electron chi connectivity index (χ1n) is 8.05. The summed E-state index contributed by atoms with van der Waals surface area (Å²) in [4.78, 5) is -0.0169. The van der Waals surface area contributed by atoms with Crippen molar-refractivity contribution in [2.45, 2.75) is 69.5 Å². The van der Waals surface area contributed by atoms with Gasteiger partial charge in [0, 0.05) is 6.54 Å². The molecule has 0 aromatic heterocycles. The minimum Gasteiger partial charge on any atom is -0.207 e. The summed E-state index contributed by atoms with van der Waals surface area (Å²) in [7, 11) is -4.21. The lowest BCUT2D eigenvalue weighted by atomic mass is 9.86. The molecule has 0 amide bonds. The van der Waals surface area contributed by atoms with E-state index in [2.05, 4.69) is 0 Å². The van der Waals surface area contributed by atoms with Gasteiger partial charge in [-0.25, -0.2) is 8.42 Å². The van der Waals surface area contributed by atoms with Crippen LogP contribution >= 0.6 is 0 Å². The van der Waals surface area contributed by atoms with Crippen molar-refractivity contribution in [3.05, 3.63) is 29.3 Å². The number of hydrogen-bond donors (Lipinski definition) is 0. The lowest BCUT2D eigenvalue weighted by Crippen LogP contribution is -2.51. The third-order valence-corrected chi connectivity index (χ3v) is 6.33. The summed E-state index contributed by atoms with van der Waals surface area (Å²) < 4.78 is 66.7. The molecule has 1 aliphatic rings. The van der Waals surface area contributed by atoms with Crippen LogP contribution in [0.4, 0.5) is 13.2 Å². The SMILES string of the molecule is Cc1ccc(S(=O)(=O)N2CCCCC2C(F)(F)F)c(C(C)(C)C)c1. The Bertz CT molecular complexity index is 706. The lowest BCUT2D eigenvalue weighted by Gasteiger charge is -2.36. The Morgan fingerprint density at radius 3 is 2.29 bits per heavy atom. The normalized spacial score (nSPS) is 21.0. The van der Waals surface area contributed by atoms with Crippen molar-refractivity contribution in [1.82, 2.24) is 4.31 Å². The molecule has 0 bridgehead atoms. The predicted octanol–water partition coefficient (Wildman–Crippen LogP) is 4.40. The summed E-state index contributed by atoms with van der Waals surface area (Å²) >= 11 is 0. The molecule has 1 atom stereocenters. The smallest absolute Gasteiger partial charge is 0.207 e. The Labute approximate surface area is 141 Å². The highest BCUT2D eigenvalue weighted by Crippen LogP contribution is 2.38. The molecule has 0 saturated carbocycles. The van der Waals surface area contributed by atoms with Crippen LogP contribution in [0, 0.1) is 6.92 Å². The predicted molar refractivity (Wildman–Crippen MR) is 87.5 cm³/mol. The molecule has 0 aliphatic carbocycles. The molecule has 1 aliphatic heterocycles. The maximum absolute atomic E-state index is 13.3. The molecule has 1 aromatic carbocycles. The summed E-state index contributed by atoms with van der Waals surface area (Å²) in [5.41, 5.74) is 0.941. The molecule has 1 aromatic rings.